The first-order valence-corrected chi connectivity index (χ1v) is 10.6. The molecule has 0 aliphatic carbocycles. The smallest absolute Gasteiger partial charge is 0.322 e. The molecule has 3 aromatic heterocycles. The standard InChI is InChI=1S/C26H18F3N5O/c1-16-15-31-23-14-22(17-8-10-30-11-9-17)33-34(23)24(16)18-4-3-7-21(13-18)32-25(35)19-5-2-6-20(12-19)26(27,28)29/h2-15H,1H3,(H,32,35). The monoisotopic (exact) mass is 473 g/mol. The Morgan fingerprint density at radius 2 is 1.71 bits per heavy atom. The molecule has 6 nitrogen and oxygen atoms in total. The Morgan fingerprint density at radius 3 is 2.49 bits per heavy atom. The second-order valence-electron chi connectivity index (χ2n) is 7.94. The number of pyridine rings is 1. The summed E-state index contributed by atoms with van der Waals surface area (Å²) in [6, 6.07) is 17.0. The highest BCUT2D eigenvalue weighted by Crippen LogP contribution is 2.31. The van der Waals surface area contributed by atoms with E-state index >= 15 is 0 Å². The van der Waals surface area contributed by atoms with E-state index in [9.17, 15) is 18.0 Å². The summed E-state index contributed by atoms with van der Waals surface area (Å²) in [5.41, 5.74) is 4.18. The Morgan fingerprint density at radius 1 is 0.943 bits per heavy atom. The highest BCUT2D eigenvalue weighted by molar-refractivity contribution is 6.04. The Bertz CT molecular complexity index is 1540. The van der Waals surface area contributed by atoms with E-state index in [2.05, 4.69) is 15.3 Å². The molecule has 0 saturated carbocycles. The van der Waals surface area contributed by atoms with Gasteiger partial charge in [-0.1, -0.05) is 18.2 Å². The number of aryl methyl sites for hydroxylation is 1. The summed E-state index contributed by atoms with van der Waals surface area (Å²) in [6.45, 7) is 1.91. The van der Waals surface area contributed by atoms with Crippen LogP contribution in [0.4, 0.5) is 18.9 Å². The van der Waals surface area contributed by atoms with Crippen LogP contribution in [0.3, 0.4) is 0 Å². The van der Waals surface area contributed by atoms with Crippen LogP contribution in [0.25, 0.3) is 28.2 Å². The van der Waals surface area contributed by atoms with Crippen molar-refractivity contribution in [2.24, 2.45) is 0 Å². The number of rotatable bonds is 4. The number of nitrogens with one attached hydrogen (secondary N) is 1. The molecule has 9 heteroatoms. The zero-order valence-corrected chi connectivity index (χ0v) is 18.4. The van der Waals surface area contributed by atoms with Crippen LogP contribution < -0.4 is 5.32 Å². The van der Waals surface area contributed by atoms with Gasteiger partial charge in [0.2, 0.25) is 0 Å². The van der Waals surface area contributed by atoms with Gasteiger partial charge in [-0.15, -0.1) is 0 Å². The maximum atomic E-state index is 13.0. The van der Waals surface area contributed by atoms with E-state index in [-0.39, 0.29) is 5.56 Å². The van der Waals surface area contributed by atoms with E-state index in [1.807, 2.05) is 31.2 Å². The summed E-state index contributed by atoms with van der Waals surface area (Å²) >= 11 is 0. The molecule has 0 unspecified atom stereocenters. The van der Waals surface area contributed by atoms with Crippen LogP contribution in [0.5, 0.6) is 0 Å². The molecule has 0 bridgehead atoms. The largest absolute Gasteiger partial charge is 0.416 e. The maximum absolute atomic E-state index is 13.0. The highest BCUT2D eigenvalue weighted by Gasteiger charge is 2.30. The summed E-state index contributed by atoms with van der Waals surface area (Å²) in [6.07, 6.45) is 0.598. The summed E-state index contributed by atoms with van der Waals surface area (Å²) in [4.78, 5) is 21.2. The molecular weight excluding hydrogens is 455 g/mol. The van der Waals surface area contributed by atoms with Crippen molar-refractivity contribution in [3.05, 3.63) is 102 Å². The summed E-state index contributed by atoms with van der Waals surface area (Å²) < 4.78 is 40.8. The lowest BCUT2D eigenvalue weighted by Crippen LogP contribution is -2.14. The molecule has 3 heterocycles. The SMILES string of the molecule is Cc1cnc2cc(-c3ccncc3)nn2c1-c1cccc(NC(=O)c2cccc(C(F)(F)F)c2)c1. The van der Waals surface area contributed by atoms with E-state index in [0.717, 1.165) is 40.2 Å². The third-order valence-electron chi connectivity index (χ3n) is 5.49. The lowest BCUT2D eigenvalue weighted by molar-refractivity contribution is -0.137. The molecule has 1 N–H and O–H groups in total. The first kappa shape index (κ1) is 22.3. The summed E-state index contributed by atoms with van der Waals surface area (Å²) in [5, 5.41) is 7.41. The van der Waals surface area contributed by atoms with Crippen LogP contribution in [0.2, 0.25) is 0 Å². The third-order valence-corrected chi connectivity index (χ3v) is 5.49. The number of anilines is 1. The molecule has 0 fully saturated rings. The Labute approximate surface area is 198 Å². The molecular formula is C26H18F3N5O. The van der Waals surface area contributed by atoms with Crippen molar-refractivity contribution in [1.82, 2.24) is 19.6 Å². The molecule has 35 heavy (non-hydrogen) atoms. The molecule has 1 amide bonds. The van der Waals surface area contributed by atoms with Crippen molar-refractivity contribution >= 4 is 17.2 Å². The fourth-order valence-corrected chi connectivity index (χ4v) is 3.82. The average Bonchev–Trinajstić information content (AvgIpc) is 3.28. The van der Waals surface area contributed by atoms with Gasteiger partial charge in [-0.3, -0.25) is 9.78 Å². The fraction of sp³-hybridized carbons (Fsp3) is 0.0769. The van der Waals surface area contributed by atoms with Crippen molar-refractivity contribution in [3.63, 3.8) is 0 Å². The highest BCUT2D eigenvalue weighted by atomic mass is 19.4. The molecule has 174 valence electrons. The Balaban J connectivity index is 1.49. The van der Waals surface area contributed by atoms with Gasteiger partial charge in [0.15, 0.2) is 5.65 Å². The second kappa shape index (κ2) is 8.68. The molecule has 0 aliphatic rings. The van der Waals surface area contributed by atoms with Crippen molar-refractivity contribution in [1.29, 1.82) is 0 Å². The first-order chi connectivity index (χ1) is 16.8. The number of hydrogen-bond donors (Lipinski definition) is 1. The normalized spacial score (nSPS) is 11.5. The zero-order valence-electron chi connectivity index (χ0n) is 18.4. The molecule has 0 radical (unpaired) electrons. The number of alkyl halides is 3. The van der Waals surface area contributed by atoms with Gasteiger partial charge in [0.05, 0.1) is 17.0 Å². The van der Waals surface area contributed by atoms with Gasteiger partial charge in [0, 0.05) is 47.0 Å². The average molecular weight is 473 g/mol. The van der Waals surface area contributed by atoms with Gasteiger partial charge in [-0.25, -0.2) is 9.50 Å². The van der Waals surface area contributed by atoms with Gasteiger partial charge in [0.25, 0.3) is 5.91 Å². The van der Waals surface area contributed by atoms with Gasteiger partial charge < -0.3 is 5.32 Å². The van der Waals surface area contributed by atoms with Crippen LogP contribution in [-0.2, 0) is 6.18 Å². The number of amides is 1. The summed E-state index contributed by atoms with van der Waals surface area (Å²) in [7, 11) is 0. The number of nitrogens with zero attached hydrogens (tertiary/aromatic N) is 4. The molecule has 0 spiro atoms. The quantitative estimate of drug-likeness (QED) is 0.346. The lowest BCUT2D eigenvalue weighted by Gasteiger charge is -2.12. The number of carbonyl (C=O) groups is 1. The minimum atomic E-state index is -4.53. The first-order valence-electron chi connectivity index (χ1n) is 10.6. The predicted molar refractivity (Wildman–Crippen MR) is 126 cm³/mol. The van der Waals surface area contributed by atoms with Crippen LogP contribution >= 0.6 is 0 Å². The van der Waals surface area contributed by atoms with Crippen LogP contribution in [0.1, 0.15) is 21.5 Å². The minimum Gasteiger partial charge on any atom is -0.322 e. The lowest BCUT2D eigenvalue weighted by atomic mass is 10.1. The number of halogens is 3. The van der Waals surface area contributed by atoms with E-state index in [4.69, 9.17) is 5.10 Å². The van der Waals surface area contributed by atoms with Crippen molar-refractivity contribution < 1.29 is 18.0 Å². The van der Waals surface area contributed by atoms with E-state index in [1.54, 1.807) is 41.3 Å². The fourth-order valence-electron chi connectivity index (χ4n) is 3.82. The molecule has 5 rings (SSSR count). The molecule has 0 aliphatic heterocycles. The number of benzene rings is 2. The molecule has 0 saturated heterocycles. The van der Waals surface area contributed by atoms with Crippen LogP contribution in [0.15, 0.2) is 85.3 Å². The molecule has 0 atom stereocenters. The Hall–Kier alpha value is -4.53. The minimum absolute atomic E-state index is 0.0817. The summed E-state index contributed by atoms with van der Waals surface area (Å²) in [5.74, 6) is -0.635. The number of fused-ring (bicyclic) bond motifs is 1. The number of hydrogen-bond acceptors (Lipinski definition) is 4. The predicted octanol–water partition coefficient (Wildman–Crippen LogP) is 6.04. The van der Waals surface area contributed by atoms with Crippen molar-refractivity contribution in [2.45, 2.75) is 13.1 Å². The molecule has 5 aromatic rings. The van der Waals surface area contributed by atoms with E-state index in [1.165, 1.54) is 12.1 Å². The van der Waals surface area contributed by atoms with Crippen molar-refractivity contribution in [3.8, 4) is 22.5 Å². The topological polar surface area (TPSA) is 72.2 Å². The second-order valence-corrected chi connectivity index (χ2v) is 7.94. The maximum Gasteiger partial charge on any atom is 0.416 e. The van der Waals surface area contributed by atoms with Crippen molar-refractivity contribution in [2.75, 3.05) is 5.32 Å². The molecule has 2 aromatic carbocycles. The Kier molecular flexibility index (Phi) is 5.52. The van der Waals surface area contributed by atoms with Gasteiger partial charge >= 0.3 is 6.18 Å². The van der Waals surface area contributed by atoms with Gasteiger partial charge in [-0.2, -0.15) is 18.3 Å². The number of carbonyl (C=O) groups excluding carboxylic acids is 1. The van der Waals surface area contributed by atoms with Crippen LogP contribution in [0, 0.1) is 6.92 Å². The van der Waals surface area contributed by atoms with Gasteiger partial charge in [0.1, 0.15) is 0 Å². The third kappa shape index (κ3) is 4.48. The zero-order chi connectivity index (χ0) is 24.6. The van der Waals surface area contributed by atoms with Gasteiger partial charge in [-0.05, 0) is 55.0 Å². The van der Waals surface area contributed by atoms with E-state index < -0.39 is 17.6 Å². The van der Waals surface area contributed by atoms with E-state index in [0.29, 0.717) is 11.3 Å². The number of aromatic nitrogens is 4. The van der Waals surface area contributed by atoms with Crippen LogP contribution in [-0.4, -0.2) is 25.5 Å².